The summed E-state index contributed by atoms with van der Waals surface area (Å²) in [5.41, 5.74) is 8.16. The molecule has 5 rings (SSSR count). The van der Waals surface area contributed by atoms with E-state index < -0.39 is 0 Å². The summed E-state index contributed by atoms with van der Waals surface area (Å²) < 4.78 is 0. The Morgan fingerprint density at radius 3 is 2.55 bits per heavy atom. The number of allylic oxidation sites excluding steroid dienone is 4. The van der Waals surface area contributed by atoms with Crippen LogP contribution in [0.4, 0.5) is 0 Å². The summed E-state index contributed by atoms with van der Waals surface area (Å²) in [6, 6.07) is 19.5. The molecule has 0 spiro atoms. The molecule has 2 aromatic carbocycles. The van der Waals surface area contributed by atoms with E-state index >= 15 is 0 Å². The van der Waals surface area contributed by atoms with Crippen LogP contribution < -0.4 is 0 Å². The van der Waals surface area contributed by atoms with Crippen LogP contribution in [0.5, 0.6) is 0 Å². The predicted octanol–water partition coefficient (Wildman–Crippen LogP) is 4.94. The van der Waals surface area contributed by atoms with E-state index in [1.54, 1.807) is 0 Å². The van der Waals surface area contributed by atoms with Crippen molar-refractivity contribution >= 4 is 11.6 Å². The van der Waals surface area contributed by atoms with Crippen LogP contribution in [0.2, 0.25) is 0 Å². The largest absolute Gasteiger partial charge is 0.320 e. The molecule has 0 bridgehead atoms. The average Bonchev–Trinajstić information content (AvgIpc) is 3.10. The fraction of sp³-hybridized carbons (Fsp3) is 0.0476. The molecule has 2 aromatic rings. The van der Waals surface area contributed by atoms with Gasteiger partial charge in [-0.2, -0.15) is 0 Å². The Morgan fingerprint density at radius 2 is 1.64 bits per heavy atom. The van der Waals surface area contributed by atoms with Gasteiger partial charge in [0.1, 0.15) is 0 Å². The number of hydrogen-bond acceptors (Lipinski definition) is 1. The summed E-state index contributed by atoms with van der Waals surface area (Å²) in [4.78, 5) is 2.34. The second-order valence-electron chi connectivity index (χ2n) is 5.87. The maximum absolute atomic E-state index is 2.34. The SMILES string of the molecule is C1=CC2=C(c3ccccc3)C3C(=Cc4ccccc43)N2C=C1. The first-order chi connectivity index (χ1) is 10.9. The Balaban J connectivity index is 1.79. The van der Waals surface area contributed by atoms with Gasteiger partial charge in [0.2, 0.25) is 0 Å². The van der Waals surface area contributed by atoms with Crippen LogP contribution in [0.3, 0.4) is 0 Å². The number of nitrogens with zero attached hydrogens (tertiary/aromatic N) is 1. The van der Waals surface area contributed by atoms with Crippen LogP contribution in [0, 0.1) is 0 Å². The van der Waals surface area contributed by atoms with Gasteiger partial charge in [-0.1, -0.05) is 60.7 Å². The summed E-state index contributed by atoms with van der Waals surface area (Å²) in [5, 5.41) is 0. The monoisotopic (exact) mass is 281 g/mol. The van der Waals surface area contributed by atoms with Gasteiger partial charge in [0.15, 0.2) is 0 Å². The van der Waals surface area contributed by atoms with Crippen LogP contribution >= 0.6 is 0 Å². The van der Waals surface area contributed by atoms with Crippen LogP contribution in [0.1, 0.15) is 22.6 Å². The van der Waals surface area contributed by atoms with Gasteiger partial charge < -0.3 is 4.90 Å². The lowest BCUT2D eigenvalue weighted by molar-refractivity contribution is 0.605. The zero-order valence-electron chi connectivity index (χ0n) is 12.1. The molecule has 104 valence electrons. The first-order valence-corrected chi connectivity index (χ1v) is 7.68. The minimum absolute atomic E-state index is 0.348. The van der Waals surface area contributed by atoms with Gasteiger partial charge in [0.05, 0.1) is 11.6 Å². The van der Waals surface area contributed by atoms with E-state index in [4.69, 9.17) is 0 Å². The normalized spacial score (nSPS) is 20.8. The average molecular weight is 281 g/mol. The Kier molecular flexibility index (Phi) is 2.33. The van der Waals surface area contributed by atoms with Crippen molar-refractivity contribution < 1.29 is 0 Å². The number of hydrogen-bond donors (Lipinski definition) is 0. The molecule has 0 saturated heterocycles. The van der Waals surface area contributed by atoms with Gasteiger partial charge in [-0.25, -0.2) is 0 Å². The molecule has 1 heteroatoms. The van der Waals surface area contributed by atoms with Gasteiger partial charge in [0, 0.05) is 11.9 Å². The molecule has 1 aliphatic carbocycles. The van der Waals surface area contributed by atoms with Crippen molar-refractivity contribution in [3.05, 3.63) is 107 Å². The molecule has 0 aromatic heterocycles. The number of benzene rings is 2. The Labute approximate surface area is 130 Å². The maximum Gasteiger partial charge on any atom is 0.0529 e. The van der Waals surface area contributed by atoms with Crippen LogP contribution in [-0.2, 0) is 0 Å². The highest BCUT2D eigenvalue weighted by Gasteiger charge is 2.40. The van der Waals surface area contributed by atoms with Gasteiger partial charge in [-0.3, -0.25) is 0 Å². The molecule has 2 aliphatic heterocycles. The third kappa shape index (κ3) is 1.48. The molecule has 3 aliphatic rings. The third-order valence-electron chi connectivity index (χ3n) is 4.69. The summed E-state index contributed by atoms with van der Waals surface area (Å²) in [6.45, 7) is 0. The Bertz CT molecular complexity index is 881. The summed E-state index contributed by atoms with van der Waals surface area (Å²) in [5.74, 6) is 0.348. The highest BCUT2D eigenvalue weighted by molar-refractivity contribution is 5.89. The van der Waals surface area contributed by atoms with E-state index in [1.807, 2.05) is 0 Å². The Morgan fingerprint density at radius 1 is 0.818 bits per heavy atom. The van der Waals surface area contributed by atoms with Crippen LogP contribution in [-0.4, -0.2) is 4.90 Å². The molecule has 22 heavy (non-hydrogen) atoms. The fourth-order valence-corrected chi connectivity index (χ4v) is 3.79. The van der Waals surface area contributed by atoms with Crippen molar-refractivity contribution in [3.63, 3.8) is 0 Å². The first-order valence-electron chi connectivity index (χ1n) is 7.68. The molecule has 0 radical (unpaired) electrons. The molecule has 1 unspecified atom stereocenters. The highest BCUT2D eigenvalue weighted by Crippen LogP contribution is 2.54. The standard InChI is InChI=1S/C21H15N/c1-2-8-15(9-3-1)20-18-12-6-7-13-22(18)19-14-16-10-4-5-11-17(16)21(19)20/h1-14,21H. The number of rotatable bonds is 1. The second-order valence-corrected chi connectivity index (χ2v) is 5.87. The van der Waals surface area contributed by atoms with E-state index in [0.29, 0.717) is 5.92 Å². The van der Waals surface area contributed by atoms with E-state index in [-0.39, 0.29) is 0 Å². The predicted molar refractivity (Wildman–Crippen MR) is 90.6 cm³/mol. The topological polar surface area (TPSA) is 3.24 Å². The summed E-state index contributed by atoms with van der Waals surface area (Å²) >= 11 is 0. The second kappa shape index (κ2) is 4.35. The molecule has 0 N–H and O–H groups in total. The van der Waals surface area contributed by atoms with Gasteiger partial charge in [0.25, 0.3) is 0 Å². The highest BCUT2D eigenvalue weighted by atomic mass is 15.2. The lowest BCUT2D eigenvalue weighted by atomic mass is 9.88. The maximum atomic E-state index is 2.34. The minimum Gasteiger partial charge on any atom is -0.320 e. The lowest BCUT2D eigenvalue weighted by Crippen LogP contribution is -2.11. The van der Waals surface area contributed by atoms with Crippen LogP contribution in [0.15, 0.2) is 90.4 Å². The van der Waals surface area contributed by atoms with Gasteiger partial charge in [-0.15, -0.1) is 0 Å². The van der Waals surface area contributed by atoms with Crippen molar-refractivity contribution in [1.82, 2.24) is 4.90 Å². The van der Waals surface area contributed by atoms with Crippen LogP contribution in [0.25, 0.3) is 11.6 Å². The minimum atomic E-state index is 0.348. The van der Waals surface area contributed by atoms with E-state index in [2.05, 4.69) is 90.0 Å². The molecular formula is C21H15N. The fourth-order valence-electron chi connectivity index (χ4n) is 3.79. The third-order valence-corrected chi connectivity index (χ3v) is 4.69. The lowest BCUT2D eigenvalue weighted by Gasteiger charge is -2.19. The molecule has 0 saturated carbocycles. The molecule has 1 nitrogen and oxygen atoms in total. The van der Waals surface area contributed by atoms with Crippen molar-refractivity contribution in [2.75, 3.05) is 0 Å². The van der Waals surface area contributed by atoms with E-state index in [0.717, 1.165) is 0 Å². The summed E-state index contributed by atoms with van der Waals surface area (Å²) in [6.07, 6.45) is 11.0. The zero-order valence-corrected chi connectivity index (χ0v) is 12.1. The first kappa shape index (κ1) is 11.8. The summed E-state index contributed by atoms with van der Waals surface area (Å²) in [7, 11) is 0. The Hall–Kier alpha value is -2.80. The van der Waals surface area contributed by atoms with Crippen molar-refractivity contribution in [2.45, 2.75) is 5.92 Å². The molecule has 0 amide bonds. The number of fused-ring (bicyclic) bond motifs is 5. The zero-order chi connectivity index (χ0) is 14.5. The molecular weight excluding hydrogens is 266 g/mol. The van der Waals surface area contributed by atoms with E-state index in [9.17, 15) is 0 Å². The van der Waals surface area contributed by atoms with Crippen molar-refractivity contribution in [2.24, 2.45) is 0 Å². The molecule has 2 heterocycles. The quantitative estimate of drug-likeness (QED) is 0.716. The smallest absolute Gasteiger partial charge is 0.0529 e. The van der Waals surface area contributed by atoms with Crippen molar-refractivity contribution in [3.8, 4) is 0 Å². The van der Waals surface area contributed by atoms with Crippen molar-refractivity contribution in [1.29, 1.82) is 0 Å². The van der Waals surface area contributed by atoms with Gasteiger partial charge in [-0.05, 0) is 40.5 Å². The van der Waals surface area contributed by atoms with E-state index in [1.165, 1.54) is 33.7 Å². The van der Waals surface area contributed by atoms with Gasteiger partial charge >= 0.3 is 0 Å². The molecule has 0 fully saturated rings. The molecule has 1 atom stereocenters.